The summed E-state index contributed by atoms with van der Waals surface area (Å²) in [4.78, 5) is 4.25. The molecule has 0 radical (unpaired) electrons. The van der Waals surface area contributed by atoms with Gasteiger partial charge in [-0.05, 0) is 26.3 Å². The van der Waals surface area contributed by atoms with E-state index in [9.17, 15) is 0 Å². The van der Waals surface area contributed by atoms with E-state index in [0.29, 0.717) is 12.0 Å². The average molecular weight is 237 g/mol. The first-order valence-corrected chi connectivity index (χ1v) is 6.62. The summed E-state index contributed by atoms with van der Waals surface area (Å²) in [6, 6.07) is 0. The van der Waals surface area contributed by atoms with E-state index in [1.807, 2.05) is 12.5 Å². The number of aromatic nitrogens is 2. The summed E-state index contributed by atoms with van der Waals surface area (Å²) in [7, 11) is 0. The van der Waals surface area contributed by atoms with Gasteiger partial charge in [0.1, 0.15) is 0 Å². The average Bonchev–Trinajstić information content (AvgIpc) is 2.91. The number of ether oxygens (including phenoxy) is 1. The van der Waals surface area contributed by atoms with Crippen molar-refractivity contribution in [1.29, 1.82) is 0 Å². The number of hydrogen-bond acceptors (Lipinski definition) is 3. The molecule has 1 fully saturated rings. The first-order valence-electron chi connectivity index (χ1n) is 6.62. The lowest BCUT2D eigenvalue weighted by Gasteiger charge is -2.16. The molecule has 0 aliphatic carbocycles. The Morgan fingerprint density at radius 3 is 3.18 bits per heavy atom. The highest BCUT2D eigenvalue weighted by atomic mass is 16.5. The quantitative estimate of drug-likeness (QED) is 0.767. The third-order valence-corrected chi connectivity index (χ3v) is 3.50. The molecule has 2 atom stereocenters. The van der Waals surface area contributed by atoms with Crippen LogP contribution in [-0.2, 0) is 17.8 Å². The first-order chi connectivity index (χ1) is 8.31. The van der Waals surface area contributed by atoms with E-state index in [1.165, 1.54) is 18.5 Å². The third-order valence-electron chi connectivity index (χ3n) is 3.50. The molecule has 0 spiro atoms. The Hall–Kier alpha value is -0.870. The van der Waals surface area contributed by atoms with E-state index < -0.39 is 0 Å². The third kappa shape index (κ3) is 3.30. The van der Waals surface area contributed by atoms with Gasteiger partial charge >= 0.3 is 0 Å². The van der Waals surface area contributed by atoms with Crippen LogP contribution in [0, 0.1) is 5.92 Å². The molecule has 0 amide bonds. The molecule has 17 heavy (non-hydrogen) atoms. The number of nitrogens with zero attached hydrogens (tertiary/aromatic N) is 2. The van der Waals surface area contributed by atoms with Gasteiger partial charge in [-0.3, -0.25) is 0 Å². The van der Waals surface area contributed by atoms with Crippen molar-refractivity contribution in [2.75, 3.05) is 13.2 Å². The minimum Gasteiger partial charge on any atom is -0.378 e. The van der Waals surface area contributed by atoms with Crippen LogP contribution in [0.15, 0.2) is 12.5 Å². The van der Waals surface area contributed by atoms with Crippen LogP contribution in [0.25, 0.3) is 0 Å². The molecule has 0 aromatic carbocycles. The Morgan fingerprint density at radius 2 is 2.47 bits per heavy atom. The fraction of sp³-hybridized carbons (Fsp3) is 0.769. The van der Waals surface area contributed by atoms with Crippen molar-refractivity contribution in [2.24, 2.45) is 5.92 Å². The second-order valence-electron chi connectivity index (χ2n) is 4.84. The zero-order valence-corrected chi connectivity index (χ0v) is 10.9. The minimum atomic E-state index is 0.383. The molecule has 1 N–H and O–H groups in total. The van der Waals surface area contributed by atoms with Crippen molar-refractivity contribution in [3.63, 3.8) is 0 Å². The normalized spacial score (nSPS) is 24.4. The molecule has 2 rings (SSSR count). The maximum absolute atomic E-state index is 5.60. The topological polar surface area (TPSA) is 39.1 Å². The van der Waals surface area contributed by atoms with Gasteiger partial charge in [0.05, 0.1) is 18.1 Å². The Balaban J connectivity index is 1.89. The minimum absolute atomic E-state index is 0.383. The summed E-state index contributed by atoms with van der Waals surface area (Å²) in [6.45, 7) is 8.27. The van der Waals surface area contributed by atoms with Gasteiger partial charge in [0.15, 0.2) is 0 Å². The summed E-state index contributed by atoms with van der Waals surface area (Å²) in [6.07, 6.45) is 6.62. The van der Waals surface area contributed by atoms with Gasteiger partial charge in [-0.2, -0.15) is 0 Å². The molecule has 0 saturated carbocycles. The molecule has 96 valence electrons. The lowest BCUT2D eigenvalue weighted by atomic mass is 10.0. The summed E-state index contributed by atoms with van der Waals surface area (Å²) in [5.41, 5.74) is 1.28. The van der Waals surface area contributed by atoms with Gasteiger partial charge in [0.2, 0.25) is 0 Å². The monoisotopic (exact) mass is 237 g/mol. The molecule has 1 aromatic rings. The van der Waals surface area contributed by atoms with Crippen molar-refractivity contribution in [3.05, 3.63) is 18.2 Å². The smallest absolute Gasteiger partial charge is 0.0948 e. The van der Waals surface area contributed by atoms with Crippen LogP contribution in [0.2, 0.25) is 0 Å². The fourth-order valence-corrected chi connectivity index (χ4v) is 2.32. The van der Waals surface area contributed by atoms with Gasteiger partial charge in [-0.25, -0.2) is 4.98 Å². The number of rotatable bonds is 6. The Bertz CT molecular complexity index is 337. The zero-order valence-electron chi connectivity index (χ0n) is 10.9. The Kier molecular flexibility index (Phi) is 4.57. The van der Waals surface area contributed by atoms with E-state index in [4.69, 9.17) is 4.74 Å². The molecule has 1 aliphatic heterocycles. The summed E-state index contributed by atoms with van der Waals surface area (Å²) >= 11 is 0. The highest BCUT2D eigenvalue weighted by Crippen LogP contribution is 2.22. The van der Waals surface area contributed by atoms with Crippen LogP contribution in [0.5, 0.6) is 0 Å². The van der Waals surface area contributed by atoms with E-state index in [0.717, 1.165) is 26.2 Å². The second kappa shape index (κ2) is 6.17. The number of nitrogens with one attached hydrogen (secondary N) is 1. The number of imidazole rings is 1. The standard InChI is InChI=1S/C13H23N3O/c1-3-5-14-7-13-8-15-10-16(13)9-12-4-6-17-11(12)2/h8,10-12,14H,3-7,9H2,1-2H3. The lowest BCUT2D eigenvalue weighted by Crippen LogP contribution is -2.21. The van der Waals surface area contributed by atoms with Crippen molar-refractivity contribution in [3.8, 4) is 0 Å². The maximum atomic E-state index is 5.60. The summed E-state index contributed by atoms with van der Waals surface area (Å²) in [5.74, 6) is 0.633. The largest absolute Gasteiger partial charge is 0.378 e. The van der Waals surface area contributed by atoms with Gasteiger partial charge in [-0.15, -0.1) is 0 Å². The summed E-state index contributed by atoms with van der Waals surface area (Å²) in [5, 5.41) is 3.42. The molecule has 4 nitrogen and oxygen atoms in total. The van der Waals surface area contributed by atoms with Gasteiger partial charge in [0.25, 0.3) is 0 Å². The predicted molar refractivity (Wildman–Crippen MR) is 67.7 cm³/mol. The van der Waals surface area contributed by atoms with Crippen molar-refractivity contribution < 1.29 is 4.74 Å². The second-order valence-corrected chi connectivity index (χ2v) is 4.84. The molecule has 4 heteroatoms. The summed E-state index contributed by atoms with van der Waals surface area (Å²) < 4.78 is 7.87. The Labute approximate surface area is 103 Å². The molecule has 0 bridgehead atoms. The van der Waals surface area contributed by atoms with Crippen LogP contribution >= 0.6 is 0 Å². The molecule has 1 saturated heterocycles. The maximum Gasteiger partial charge on any atom is 0.0948 e. The Morgan fingerprint density at radius 1 is 1.59 bits per heavy atom. The van der Waals surface area contributed by atoms with Crippen LogP contribution in [0.1, 0.15) is 32.4 Å². The van der Waals surface area contributed by atoms with Crippen molar-refractivity contribution >= 4 is 0 Å². The fourth-order valence-electron chi connectivity index (χ4n) is 2.32. The highest BCUT2D eigenvalue weighted by Gasteiger charge is 2.24. The molecular formula is C13H23N3O. The van der Waals surface area contributed by atoms with E-state index >= 15 is 0 Å². The van der Waals surface area contributed by atoms with Gasteiger partial charge in [0, 0.05) is 31.8 Å². The van der Waals surface area contributed by atoms with Crippen LogP contribution < -0.4 is 5.32 Å². The SMILES string of the molecule is CCCNCc1cncn1CC1CCOC1C. The van der Waals surface area contributed by atoms with E-state index in [1.54, 1.807) is 0 Å². The molecule has 1 aliphatic rings. The van der Waals surface area contributed by atoms with Crippen molar-refractivity contribution in [1.82, 2.24) is 14.9 Å². The zero-order chi connectivity index (χ0) is 12.1. The molecular weight excluding hydrogens is 214 g/mol. The number of hydrogen-bond donors (Lipinski definition) is 1. The van der Waals surface area contributed by atoms with Gasteiger partial charge < -0.3 is 14.6 Å². The van der Waals surface area contributed by atoms with Crippen LogP contribution in [-0.4, -0.2) is 28.8 Å². The molecule has 2 heterocycles. The lowest BCUT2D eigenvalue weighted by molar-refractivity contribution is 0.101. The first kappa shape index (κ1) is 12.6. The van der Waals surface area contributed by atoms with E-state index in [2.05, 4.69) is 28.7 Å². The predicted octanol–water partition coefficient (Wildman–Crippen LogP) is 1.81. The van der Waals surface area contributed by atoms with Crippen LogP contribution in [0.3, 0.4) is 0 Å². The highest BCUT2D eigenvalue weighted by molar-refractivity contribution is 4.98. The van der Waals surface area contributed by atoms with Gasteiger partial charge in [-0.1, -0.05) is 6.92 Å². The van der Waals surface area contributed by atoms with Crippen LogP contribution in [0.4, 0.5) is 0 Å². The molecule has 2 unspecified atom stereocenters. The van der Waals surface area contributed by atoms with E-state index in [-0.39, 0.29) is 0 Å². The molecule has 1 aromatic heterocycles. The van der Waals surface area contributed by atoms with Crippen molar-refractivity contribution in [2.45, 2.75) is 45.9 Å².